The third-order valence-corrected chi connectivity index (χ3v) is 7.73. The Kier molecular flexibility index (Phi) is 5.33. The molecule has 3 aliphatic rings. The van der Waals surface area contributed by atoms with Crippen molar-refractivity contribution in [2.24, 2.45) is 35.3 Å². The summed E-state index contributed by atoms with van der Waals surface area (Å²) in [7, 11) is 3.12. The highest BCUT2D eigenvalue weighted by molar-refractivity contribution is 6.32. The molecule has 9 heteroatoms. The number of carbonyl (C=O) groups excluding carboxylic acids is 5. The van der Waals surface area contributed by atoms with Gasteiger partial charge in [0.1, 0.15) is 5.75 Å². The van der Waals surface area contributed by atoms with Crippen molar-refractivity contribution in [1.29, 1.82) is 0 Å². The topological polar surface area (TPSA) is 155 Å². The lowest BCUT2D eigenvalue weighted by molar-refractivity contribution is -0.182. The average molecular weight is 456 g/mol. The fourth-order valence-electron chi connectivity index (χ4n) is 6.49. The number of nitrogens with zero attached hydrogens (tertiary/aromatic N) is 1. The SMILES string of the molecule is CC(C)[C@H]1c2cccc(O)c2C(=O)C2C(=O)[C@]3(O)C(=O)C(C(N)=O)C(=O)[C@@H](N(C)C)[C@@H]3C[C@@H]21. The van der Waals surface area contributed by atoms with Crippen LogP contribution in [0.2, 0.25) is 0 Å². The number of nitrogens with two attached hydrogens (primary N) is 1. The van der Waals surface area contributed by atoms with Gasteiger partial charge < -0.3 is 15.9 Å². The zero-order valence-electron chi connectivity index (χ0n) is 18.9. The summed E-state index contributed by atoms with van der Waals surface area (Å²) in [6.45, 7) is 3.86. The first-order chi connectivity index (χ1) is 15.3. The molecule has 0 saturated heterocycles. The summed E-state index contributed by atoms with van der Waals surface area (Å²) in [6.07, 6.45) is 0.0440. The molecule has 2 fully saturated rings. The molecular formula is C24H28N2O7. The third-order valence-electron chi connectivity index (χ3n) is 7.73. The standard InChI is InChI=1S/C24H28N2O7/c1-9(2)14-10-6-5-7-13(27)15(10)19(28)16-11(14)8-12-18(26(3)4)20(29)17(23(25)32)22(31)24(12,33)21(16)30/h5-7,9,11-12,14,16-18,27,33H,8H2,1-4H3,(H2,25,32)/t11-,12+,14+,16?,17?,18+,24+/m1/s1. The number of rotatable bonds is 3. The van der Waals surface area contributed by atoms with Gasteiger partial charge >= 0.3 is 0 Å². The zero-order chi connectivity index (χ0) is 24.6. The van der Waals surface area contributed by atoms with E-state index in [-0.39, 0.29) is 29.6 Å². The van der Waals surface area contributed by atoms with E-state index in [0.717, 1.165) is 0 Å². The van der Waals surface area contributed by atoms with Gasteiger partial charge in [-0.1, -0.05) is 26.0 Å². The Morgan fingerprint density at radius 3 is 2.33 bits per heavy atom. The smallest absolute Gasteiger partial charge is 0.235 e. The van der Waals surface area contributed by atoms with Crippen LogP contribution >= 0.6 is 0 Å². The molecule has 2 unspecified atom stereocenters. The van der Waals surface area contributed by atoms with Crippen LogP contribution in [0.5, 0.6) is 5.75 Å². The molecule has 0 spiro atoms. The third kappa shape index (κ3) is 2.95. The van der Waals surface area contributed by atoms with Gasteiger partial charge in [-0.15, -0.1) is 0 Å². The van der Waals surface area contributed by atoms with Gasteiger partial charge in [-0.3, -0.25) is 28.9 Å². The lowest BCUT2D eigenvalue weighted by Gasteiger charge is -2.54. The molecule has 0 bridgehead atoms. The lowest BCUT2D eigenvalue weighted by Crippen LogP contribution is -2.74. The molecule has 1 amide bonds. The Morgan fingerprint density at radius 1 is 1.15 bits per heavy atom. The van der Waals surface area contributed by atoms with Gasteiger partial charge in [0.2, 0.25) is 5.91 Å². The highest BCUT2D eigenvalue weighted by Crippen LogP contribution is 2.55. The van der Waals surface area contributed by atoms with Crippen molar-refractivity contribution in [2.45, 2.75) is 37.8 Å². The van der Waals surface area contributed by atoms with Gasteiger partial charge in [0.15, 0.2) is 34.7 Å². The summed E-state index contributed by atoms with van der Waals surface area (Å²) >= 11 is 0. The molecule has 3 aliphatic carbocycles. The second-order valence-corrected chi connectivity index (χ2v) is 10.0. The van der Waals surface area contributed by atoms with Crippen LogP contribution in [0, 0.1) is 29.6 Å². The summed E-state index contributed by atoms with van der Waals surface area (Å²) < 4.78 is 0. The number of hydrogen-bond donors (Lipinski definition) is 3. The highest BCUT2D eigenvalue weighted by atomic mass is 16.3. The van der Waals surface area contributed by atoms with Crippen molar-refractivity contribution < 1.29 is 34.2 Å². The Morgan fingerprint density at radius 2 is 1.79 bits per heavy atom. The van der Waals surface area contributed by atoms with Crippen molar-refractivity contribution in [3.63, 3.8) is 0 Å². The number of fused-ring (bicyclic) bond motifs is 3. The Hall–Kier alpha value is -2.91. The summed E-state index contributed by atoms with van der Waals surface area (Å²) in [5.41, 5.74) is 3.24. The highest BCUT2D eigenvalue weighted by Gasteiger charge is 2.70. The van der Waals surface area contributed by atoms with E-state index in [1.807, 2.05) is 13.8 Å². The number of aromatic hydroxyl groups is 1. The van der Waals surface area contributed by atoms with Gasteiger partial charge in [0.05, 0.1) is 17.5 Å². The maximum absolute atomic E-state index is 13.8. The average Bonchev–Trinajstić information content (AvgIpc) is 2.70. The van der Waals surface area contributed by atoms with Crippen molar-refractivity contribution in [3.05, 3.63) is 29.3 Å². The number of phenols is 1. The first-order valence-corrected chi connectivity index (χ1v) is 11.0. The van der Waals surface area contributed by atoms with Crippen LogP contribution in [0.3, 0.4) is 0 Å². The first kappa shape index (κ1) is 23.3. The molecule has 0 radical (unpaired) electrons. The molecule has 0 aliphatic heterocycles. The molecule has 4 N–H and O–H groups in total. The molecule has 4 rings (SSSR count). The van der Waals surface area contributed by atoms with Crippen LogP contribution in [-0.4, -0.2) is 69.9 Å². The van der Waals surface area contributed by atoms with Crippen molar-refractivity contribution in [3.8, 4) is 5.75 Å². The first-order valence-electron chi connectivity index (χ1n) is 11.0. The monoisotopic (exact) mass is 456 g/mol. The fourth-order valence-corrected chi connectivity index (χ4v) is 6.49. The van der Waals surface area contributed by atoms with Gasteiger partial charge in [0.25, 0.3) is 0 Å². The van der Waals surface area contributed by atoms with E-state index < -0.39 is 64.4 Å². The summed E-state index contributed by atoms with van der Waals surface area (Å²) in [5.74, 6) is -10.7. The minimum atomic E-state index is -2.71. The van der Waals surface area contributed by atoms with Crippen LogP contribution in [-0.2, 0) is 19.2 Å². The van der Waals surface area contributed by atoms with E-state index >= 15 is 0 Å². The number of benzene rings is 1. The zero-order valence-corrected chi connectivity index (χ0v) is 18.9. The van der Waals surface area contributed by atoms with Gasteiger partial charge in [0, 0.05) is 5.92 Å². The maximum Gasteiger partial charge on any atom is 0.235 e. The van der Waals surface area contributed by atoms with E-state index in [4.69, 9.17) is 5.73 Å². The minimum absolute atomic E-state index is 0.0165. The van der Waals surface area contributed by atoms with E-state index in [1.54, 1.807) is 26.2 Å². The fraction of sp³-hybridized carbons (Fsp3) is 0.542. The number of hydrogen-bond acceptors (Lipinski definition) is 8. The largest absolute Gasteiger partial charge is 0.507 e. The minimum Gasteiger partial charge on any atom is -0.507 e. The van der Waals surface area contributed by atoms with E-state index in [0.29, 0.717) is 5.56 Å². The van der Waals surface area contributed by atoms with Gasteiger partial charge in [-0.25, -0.2) is 0 Å². The molecule has 33 heavy (non-hydrogen) atoms. The number of Topliss-reactive ketones (excluding diaryl/α,β-unsaturated/α-hetero) is 4. The second-order valence-electron chi connectivity index (χ2n) is 10.0. The van der Waals surface area contributed by atoms with E-state index in [2.05, 4.69) is 0 Å². The number of phenolic OH excluding ortho intramolecular Hbond substituents is 1. The number of amides is 1. The molecular weight excluding hydrogens is 428 g/mol. The number of primary amides is 1. The summed E-state index contributed by atoms with van der Waals surface area (Å²) in [4.78, 5) is 67.2. The van der Waals surface area contributed by atoms with Crippen molar-refractivity contribution >= 4 is 29.0 Å². The predicted octanol–water partition coefficient (Wildman–Crippen LogP) is 0.0641. The Bertz CT molecular complexity index is 1090. The number of carbonyl (C=O) groups is 5. The van der Waals surface area contributed by atoms with Crippen molar-refractivity contribution in [2.75, 3.05) is 14.1 Å². The van der Waals surface area contributed by atoms with Gasteiger partial charge in [-0.05, 0) is 49.9 Å². The normalized spacial score (nSPS) is 36.0. The summed E-state index contributed by atoms with van der Waals surface area (Å²) in [6, 6.07) is 3.62. The Labute approximate surface area is 190 Å². The van der Waals surface area contributed by atoms with E-state index in [1.165, 1.54) is 11.0 Å². The lowest BCUT2D eigenvalue weighted by atomic mass is 9.49. The molecule has 2 saturated carbocycles. The molecule has 0 heterocycles. The maximum atomic E-state index is 13.8. The molecule has 7 atom stereocenters. The molecule has 1 aromatic carbocycles. The van der Waals surface area contributed by atoms with Crippen LogP contribution < -0.4 is 5.73 Å². The molecule has 9 nitrogen and oxygen atoms in total. The van der Waals surface area contributed by atoms with Crippen LogP contribution in [0.4, 0.5) is 0 Å². The van der Waals surface area contributed by atoms with Crippen LogP contribution in [0.15, 0.2) is 18.2 Å². The van der Waals surface area contributed by atoms with Crippen LogP contribution in [0.25, 0.3) is 0 Å². The van der Waals surface area contributed by atoms with E-state index in [9.17, 15) is 34.2 Å². The molecule has 0 aromatic heterocycles. The summed E-state index contributed by atoms with van der Waals surface area (Å²) in [5, 5.41) is 22.0. The molecule has 1 aromatic rings. The number of likely N-dealkylation sites (N-methyl/N-ethyl adjacent to an activating group) is 1. The van der Waals surface area contributed by atoms with Crippen molar-refractivity contribution in [1.82, 2.24) is 4.90 Å². The number of aliphatic hydroxyl groups is 1. The predicted molar refractivity (Wildman–Crippen MR) is 115 cm³/mol. The van der Waals surface area contributed by atoms with Crippen LogP contribution in [0.1, 0.15) is 42.1 Å². The van der Waals surface area contributed by atoms with Gasteiger partial charge in [-0.2, -0.15) is 0 Å². The Balaban J connectivity index is 1.95. The number of ketones is 4. The molecule has 176 valence electrons. The second kappa shape index (κ2) is 7.56. The quantitative estimate of drug-likeness (QED) is 0.540.